The van der Waals surface area contributed by atoms with Crippen molar-refractivity contribution in [1.82, 2.24) is 15.1 Å². The van der Waals surface area contributed by atoms with Crippen molar-refractivity contribution in [3.63, 3.8) is 0 Å². The van der Waals surface area contributed by atoms with Gasteiger partial charge in [0.25, 0.3) is 0 Å². The van der Waals surface area contributed by atoms with Crippen LogP contribution in [-0.4, -0.2) is 33.4 Å². The van der Waals surface area contributed by atoms with Crippen LogP contribution in [0.25, 0.3) is 0 Å². The van der Waals surface area contributed by atoms with Gasteiger partial charge in [0.05, 0.1) is 18.4 Å². The Bertz CT molecular complexity index is 432. The Kier molecular flexibility index (Phi) is 3.91. The standard InChI is InChI=1S/C9H10N4O3/c1-2-3-10-9(16)12-7-4-11-13(5-7)6-8(14)15/h1,4-5H,3,6H2,(H,14,15)(H2,10,12,16). The number of amides is 2. The molecular weight excluding hydrogens is 212 g/mol. The molecule has 3 N–H and O–H groups in total. The maximum Gasteiger partial charge on any atom is 0.325 e. The highest BCUT2D eigenvalue weighted by molar-refractivity contribution is 5.89. The van der Waals surface area contributed by atoms with Crippen LogP contribution in [0.5, 0.6) is 0 Å². The third kappa shape index (κ3) is 3.71. The van der Waals surface area contributed by atoms with Gasteiger partial charge in [-0.15, -0.1) is 6.42 Å². The second kappa shape index (κ2) is 5.41. The van der Waals surface area contributed by atoms with E-state index in [4.69, 9.17) is 11.5 Å². The van der Waals surface area contributed by atoms with Crippen molar-refractivity contribution in [2.75, 3.05) is 11.9 Å². The maximum atomic E-state index is 11.1. The Balaban J connectivity index is 2.49. The third-order valence-corrected chi connectivity index (χ3v) is 1.54. The fourth-order valence-corrected chi connectivity index (χ4v) is 0.960. The largest absolute Gasteiger partial charge is 0.480 e. The summed E-state index contributed by atoms with van der Waals surface area (Å²) >= 11 is 0. The highest BCUT2D eigenvalue weighted by Gasteiger charge is 2.04. The summed E-state index contributed by atoms with van der Waals surface area (Å²) in [5.74, 6) is 1.24. The first-order valence-corrected chi connectivity index (χ1v) is 4.34. The Labute approximate surface area is 91.4 Å². The van der Waals surface area contributed by atoms with E-state index in [1.807, 2.05) is 0 Å². The first-order valence-electron chi connectivity index (χ1n) is 4.34. The number of nitrogens with one attached hydrogen (secondary N) is 2. The van der Waals surface area contributed by atoms with Crippen LogP contribution in [0.15, 0.2) is 12.4 Å². The van der Waals surface area contributed by atoms with Crippen molar-refractivity contribution in [3.05, 3.63) is 12.4 Å². The number of hydrogen-bond acceptors (Lipinski definition) is 3. The SMILES string of the molecule is C#CCNC(=O)Nc1cnn(CC(=O)O)c1. The minimum absolute atomic E-state index is 0.120. The van der Waals surface area contributed by atoms with Gasteiger partial charge >= 0.3 is 12.0 Å². The van der Waals surface area contributed by atoms with Crippen LogP contribution in [0.3, 0.4) is 0 Å². The van der Waals surface area contributed by atoms with Crippen LogP contribution >= 0.6 is 0 Å². The molecule has 0 saturated heterocycles. The van der Waals surface area contributed by atoms with Crippen LogP contribution in [0.2, 0.25) is 0 Å². The molecule has 1 aromatic heterocycles. The number of aliphatic carboxylic acids is 1. The van der Waals surface area contributed by atoms with E-state index >= 15 is 0 Å². The van der Waals surface area contributed by atoms with Crippen molar-refractivity contribution in [1.29, 1.82) is 0 Å². The average molecular weight is 222 g/mol. The molecule has 7 heteroatoms. The first-order chi connectivity index (χ1) is 7.61. The lowest BCUT2D eigenvalue weighted by Crippen LogP contribution is -2.28. The van der Waals surface area contributed by atoms with Crippen LogP contribution in [0.1, 0.15) is 0 Å². The van der Waals surface area contributed by atoms with Crippen LogP contribution < -0.4 is 10.6 Å². The van der Waals surface area contributed by atoms with E-state index in [-0.39, 0.29) is 13.1 Å². The van der Waals surface area contributed by atoms with Crippen molar-refractivity contribution in [3.8, 4) is 12.3 Å². The molecule has 0 unspecified atom stereocenters. The third-order valence-electron chi connectivity index (χ3n) is 1.54. The van der Waals surface area contributed by atoms with Gasteiger partial charge in [-0.05, 0) is 0 Å². The Morgan fingerprint density at radius 1 is 1.62 bits per heavy atom. The number of rotatable bonds is 4. The fraction of sp³-hybridized carbons (Fsp3) is 0.222. The lowest BCUT2D eigenvalue weighted by molar-refractivity contribution is -0.137. The Morgan fingerprint density at radius 2 is 2.38 bits per heavy atom. The molecule has 0 spiro atoms. The number of aromatic nitrogens is 2. The van der Waals surface area contributed by atoms with E-state index in [2.05, 4.69) is 21.7 Å². The molecule has 0 aromatic carbocycles. The number of carboxylic acid groups (broad SMARTS) is 1. The average Bonchev–Trinajstić information content (AvgIpc) is 2.61. The lowest BCUT2D eigenvalue weighted by atomic mass is 10.5. The topological polar surface area (TPSA) is 96.3 Å². The lowest BCUT2D eigenvalue weighted by Gasteiger charge is -2.01. The smallest absolute Gasteiger partial charge is 0.325 e. The first kappa shape index (κ1) is 11.6. The molecule has 1 heterocycles. The van der Waals surface area contributed by atoms with E-state index in [0.29, 0.717) is 5.69 Å². The van der Waals surface area contributed by atoms with E-state index in [0.717, 1.165) is 0 Å². The number of carbonyl (C=O) groups excluding carboxylic acids is 1. The number of nitrogens with zero attached hydrogens (tertiary/aromatic N) is 2. The summed E-state index contributed by atoms with van der Waals surface area (Å²) < 4.78 is 1.19. The molecule has 0 aliphatic carbocycles. The Hall–Kier alpha value is -2.49. The second-order valence-electron chi connectivity index (χ2n) is 2.83. The zero-order chi connectivity index (χ0) is 12.0. The zero-order valence-electron chi connectivity index (χ0n) is 8.30. The number of hydrogen-bond donors (Lipinski definition) is 3. The number of carboxylic acids is 1. The molecule has 1 aromatic rings. The number of urea groups is 1. The highest BCUT2D eigenvalue weighted by atomic mass is 16.4. The molecule has 0 fully saturated rings. The van der Waals surface area contributed by atoms with Gasteiger partial charge in [0.15, 0.2) is 0 Å². The summed E-state index contributed by atoms with van der Waals surface area (Å²) in [4.78, 5) is 21.5. The number of anilines is 1. The summed E-state index contributed by atoms with van der Waals surface area (Å²) in [5.41, 5.74) is 0.399. The molecule has 84 valence electrons. The molecule has 0 radical (unpaired) electrons. The summed E-state index contributed by atoms with van der Waals surface area (Å²) in [6.07, 6.45) is 7.71. The quantitative estimate of drug-likeness (QED) is 0.610. The highest BCUT2D eigenvalue weighted by Crippen LogP contribution is 2.03. The van der Waals surface area contributed by atoms with Gasteiger partial charge < -0.3 is 15.7 Å². The van der Waals surface area contributed by atoms with Crippen LogP contribution in [-0.2, 0) is 11.3 Å². The van der Waals surface area contributed by atoms with Crippen LogP contribution in [0, 0.1) is 12.3 Å². The van der Waals surface area contributed by atoms with E-state index in [9.17, 15) is 9.59 Å². The van der Waals surface area contributed by atoms with Gasteiger partial charge in [-0.1, -0.05) is 5.92 Å². The minimum atomic E-state index is -1.01. The van der Waals surface area contributed by atoms with Crippen molar-refractivity contribution in [2.45, 2.75) is 6.54 Å². The van der Waals surface area contributed by atoms with Gasteiger partial charge in [0.1, 0.15) is 6.54 Å². The van der Waals surface area contributed by atoms with Crippen molar-refractivity contribution >= 4 is 17.7 Å². The molecule has 0 atom stereocenters. The van der Waals surface area contributed by atoms with Crippen molar-refractivity contribution < 1.29 is 14.7 Å². The molecule has 0 bridgehead atoms. The molecule has 2 amide bonds. The molecule has 0 aliphatic rings. The van der Waals surface area contributed by atoms with Crippen molar-refractivity contribution in [2.24, 2.45) is 0 Å². The summed E-state index contributed by atoms with van der Waals surface area (Å²) in [6, 6.07) is -0.465. The van der Waals surface area contributed by atoms with Gasteiger partial charge in [-0.3, -0.25) is 9.48 Å². The minimum Gasteiger partial charge on any atom is -0.480 e. The molecule has 0 saturated carbocycles. The van der Waals surface area contributed by atoms with Gasteiger partial charge in [0, 0.05) is 6.20 Å². The predicted molar refractivity (Wildman–Crippen MR) is 55.7 cm³/mol. The molecular formula is C9H10N4O3. The normalized spacial score (nSPS) is 9.19. The Morgan fingerprint density at radius 3 is 3.00 bits per heavy atom. The number of carbonyl (C=O) groups is 2. The molecule has 1 rings (SSSR count). The van der Waals surface area contributed by atoms with E-state index < -0.39 is 12.0 Å². The summed E-state index contributed by atoms with van der Waals surface area (Å²) in [5, 5.41) is 17.1. The summed E-state index contributed by atoms with van der Waals surface area (Å²) in [7, 11) is 0. The fourth-order valence-electron chi connectivity index (χ4n) is 0.960. The van der Waals surface area contributed by atoms with Crippen LogP contribution in [0.4, 0.5) is 10.5 Å². The molecule has 0 aliphatic heterocycles. The van der Waals surface area contributed by atoms with E-state index in [1.54, 1.807) is 0 Å². The zero-order valence-corrected chi connectivity index (χ0v) is 8.30. The van der Waals surface area contributed by atoms with E-state index in [1.165, 1.54) is 17.1 Å². The van der Waals surface area contributed by atoms with Gasteiger partial charge in [-0.2, -0.15) is 5.10 Å². The monoisotopic (exact) mass is 222 g/mol. The molecule has 16 heavy (non-hydrogen) atoms. The maximum absolute atomic E-state index is 11.1. The second-order valence-corrected chi connectivity index (χ2v) is 2.83. The van der Waals surface area contributed by atoms with Gasteiger partial charge in [0.2, 0.25) is 0 Å². The summed E-state index contributed by atoms with van der Waals surface area (Å²) in [6.45, 7) is -0.136. The van der Waals surface area contributed by atoms with Gasteiger partial charge in [-0.25, -0.2) is 4.79 Å². The predicted octanol–water partition coefficient (Wildman–Crippen LogP) is -0.278. The number of terminal acetylenes is 1. The molecule has 7 nitrogen and oxygen atoms in total.